The zero-order valence-corrected chi connectivity index (χ0v) is 10.9. The van der Waals surface area contributed by atoms with Crippen LogP contribution in [0.3, 0.4) is 0 Å². The Morgan fingerprint density at radius 3 is 2.29 bits per heavy atom. The van der Waals surface area contributed by atoms with Gasteiger partial charge in [-0.1, -0.05) is 27.2 Å². The lowest BCUT2D eigenvalue weighted by molar-refractivity contribution is -0.138. The van der Waals surface area contributed by atoms with Gasteiger partial charge in [-0.25, -0.2) is 0 Å². The molecular formula is C12H24N2O3. The molecule has 5 nitrogen and oxygen atoms in total. The quantitative estimate of drug-likeness (QED) is 0.593. The van der Waals surface area contributed by atoms with Crippen LogP contribution in [0.5, 0.6) is 0 Å². The lowest BCUT2D eigenvalue weighted by atomic mass is 9.98. The van der Waals surface area contributed by atoms with Crippen LogP contribution in [0.4, 0.5) is 0 Å². The summed E-state index contributed by atoms with van der Waals surface area (Å²) in [6.07, 6.45) is 1.58. The number of aliphatic carboxylic acids is 1. The first kappa shape index (κ1) is 15.9. The van der Waals surface area contributed by atoms with Gasteiger partial charge in [-0.3, -0.25) is 9.59 Å². The molecule has 0 aliphatic heterocycles. The Hall–Kier alpha value is -1.10. The van der Waals surface area contributed by atoms with Gasteiger partial charge >= 0.3 is 5.97 Å². The molecule has 0 radical (unpaired) electrons. The van der Waals surface area contributed by atoms with Crippen molar-refractivity contribution in [3.63, 3.8) is 0 Å². The number of nitrogens with two attached hydrogens (primary N) is 1. The minimum absolute atomic E-state index is 0.0488. The van der Waals surface area contributed by atoms with Gasteiger partial charge in [0.15, 0.2) is 0 Å². The molecule has 2 atom stereocenters. The Balaban J connectivity index is 4.42. The van der Waals surface area contributed by atoms with E-state index in [0.717, 1.165) is 12.8 Å². The van der Waals surface area contributed by atoms with Crippen LogP contribution < -0.4 is 11.1 Å². The van der Waals surface area contributed by atoms with Crippen LogP contribution >= 0.6 is 0 Å². The topological polar surface area (TPSA) is 92.4 Å². The standard InChI is InChI=1S/C12H24N2O3/c1-4-5-9(7-13)12(17)14-10(8(2)3)6-11(15)16/h8-10H,4-7,13H2,1-3H3,(H,14,17)(H,15,16). The highest BCUT2D eigenvalue weighted by molar-refractivity contribution is 5.80. The number of carbonyl (C=O) groups is 2. The summed E-state index contributed by atoms with van der Waals surface area (Å²) in [5, 5.41) is 11.6. The molecule has 17 heavy (non-hydrogen) atoms. The number of hydrogen-bond donors (Lipinski definition) is 3. The second kappa shape index (κ2) is 8.06. The number of carboxylic acids is 1. The molecule has 0 rings (SSSR count). The Kier molecular flexibility index (Phi) is 7.54. The molecule has 100 valence electrons. The van der Waals surface area contributed by atoms with Gasteiger partial charge < -0.3 is 16.2 Å². The highest BCUT2D eigenvalue weighted by Crippen LogP contribution is 2.10. The van der Waals surface area contributed by atoms with Crippen LogP contribution in [-0.4, -0.2) is 29.6 Å². The molecule has 5 heteroatoms. The van der Waals surface area contributed by atoms with Gasteiger partial charge in [0.2, 0.25) is 5.91 Å². The van der Waals surface area contributed by atoms with Gasteiger partial charge in [-0.2, -0.15) is 0 Å². The summed E-state index contributed by atoms with van der Waals surface area (Å²) in [6, 6.07) is -0.328. The fourth-order valence-electron chi connectivity index (χ4n) is 1.65. The third-order valence-electron chi connectivity index (χ3n) is 2.82. The first-order chi connectivity index (χ1) is 7.92. The van der Waals surface area contributed by atoms with Gasteiger partial charge in [0.05, 0.1) is 12.3 Å². The van der Waals surface area contributed by atoms with Crippen molar-refractivity contribution in [2.75, 3.05) is 6.54 Å². The van der Waals surface area contributed by atoms with Crippen molar-refractivity contribution in [1.82, 2.24) is 5.32 Å². The fourth-order valence-corrected chi connectivity index (χ4v) is 1.65. The van der Waals surface area contributed by atoms with E-state index in [1.54, 1.807) is 0 Å². The summed E-state index contributed by atoms with van der Waals surface area (Å²) in [5.74, 6) is -1.15. The zero-order chi connectivity index (χ0) is 13.4. The smallest absolute Gasteiger partial charge is 0.305 e. The van der Waals surface area contributed by atoms with Crippen LogP contribution in [0, 0.1) is 11.8 Å². The Morgan fingerprint density at radius 2 is 1.94 bits per heavy atom. The first-order valence-corrected chi connectivity index (χ1v) is 6.14. The molecule has 0 aromatic heterocycles. The van der Waals surface area contributed by atoms with Crippen molar-refractivity contribution in [2.45, 2.75) is 46.1 Å². The Labute approximate surface area is 103 Å². The molecular weight excluding hydrogens is 220 g/mol. The van der Waals surface area contributed by atoms with Crippen molar-refractivity contribution in [3.8, 4) is 0 Å². The molecule has 0 saturated heterocycles. The van der Waals surface area contributed by atoms with Crippen molar-refractivity contribution < 1.29 is 14.7 Å². The number of carbonyl (C=O) groups excluding carboxylic acids is 1. The minimum atomic E-state index is -0.899. The van der Waals surface area contributed by atoms with Crippen LogP contribution in [0.1, 0.15) is 40.0 Å². The summed E-state index contributed by atoms with van der Waals surface area (Å²) in [4.78, 5) is 22.6. The van der Waals surface area contributed by atoms with E-state index in [9.17, 15) is 9.59 Å². The van der Waals surface area contributed by atoms with E-state index in [1.165, 1.54) is 0 Å². The molecule has 0 saturated carbocycles. The predicted octanol–water partition coefficient (Wildman–Crippen LogP) is 0.977. The third kappa shape index (κ3) is 6.26. The molecule has 0 bridgehead atoms. The van der Waals surface area contributed by atoms with E-state index in [4.69, 9.17) is 10.8 Å². The highest BCUT2D eigenvalue weighted by Gasteiger charge is 2.23. The molecule has 0 aliphatic carbocycles. The van der Waals surface area contributed by atoms with Gasteiger partial charge in [-0.05, 0) is 12.3 Å². The second-order valence-electron chi connectivity index (χ2n) is 4.68. The Morgan fingerprint density at radius 1 is 1.35 bits per heavy atom. The number of hydrogen-bond acceptors (Lipinski definition) is 3. The maximum atomic E-state index is 11.9. The van der Waals surface area contributed by atoms with Gasteiger partial charge in [0.25, 0.3) is 0 Å². The molecule has 0 aromatic rings. The number of amides is 1. The number of rotatable bonds is 8. The van der Waals surface area contributed by atoms with Crippen LogP contribution in [0.15, 0.2) is 0 Å². The highest BCUT2D eigenvalue weighted by atomic mass is 16.4. The van der Waals surface area contributed by atoms with Crippen molar-refractivity contribution in [1.29, 1.82) is 0 Å². The third-order valence-corrected chi connectivity index (χ3v) is 2.82. The molecule has 0 heterocycles. The van der Waals surface area contributed by atoms with Crippen molar-refractivity contribution in [2.24, 2.45) is 17.6 Å². The molecule has 4 N–H and O–H groups in total. The van der Waals surface area contributed by atoms with Crippen LogP contribution in [-0.2, 0) is 9.59 Å². The van der Waals surface area contributed by atoms with E-state index < -0.39 is 5.97 Å². The number of nitrogens with one attached hydrogen (secondary N) is 1. The molecule has 0 spiro atoms. The predicted molar refractivity (Wildman–Crippen MR) is 66.5 cm³/mol. The van der Waals surface area contributed by atoms with E-state index in [2.05, 4.69) is 5.32 Å². The summed E-state index contributed by atoms with van der Waals surface area (Å²) in [6.45, 7) is 6.08. The van der Waals surface area contributed by atoms with Gasteiger partial charge in [-0.15, -0.1) is 0 Å². The lowest BCUT2D eigenvalue weighted by Gasteiger charge is -2.23. The summed E-state index contributed by atoms with van der Waals surface area (Å²) in [5.41, 5.74) is 5.54. The SMILES string of the molecule is CCCC(CN)C(=O)NC(CC(=O)O)C(C)C. The monoisotopic (exact) mass is 244 g/mol. The zero-order valence-electron chi connectivity index (χ0n) is 10.9. The number of carboxylic acid groups (broad SMARTS) is 1. The largest absolute Gasteiger partial charge is 0.481 e. The first-order valence-electron chi connectivity index (χ1n) is 6.14. The molecule has 0 fully saturated rings. The summed E-state index contributed by atoms with van der Waals surface area (Å²) in [7, 11) is 0. The van der Waals surface area contributed by atoms with Gasteiger partial charge in [0, 0.05) is 12.6 Å². The molecule has 0 aliphatic rings. The Bertz CT molecular complexity index is 254. The normalized spacial score (nSPS) is 14.4. The van der Waals surface area contributed by atoms with Crippen LogP contribution in [0.25, 0.3) is 0 Å². The van der Waals surface area contributed by atoms with Crippen molar-refractivity contribution >= 4 is 11.9 Å². The average Bonchev–Trinajstić information content (AvgIpc) is 2.23. The van der Waals surface area contributed by atoms with E-state index >= 15 is 0 Å². The molecule has 1 amide bonds. The maximum Gasteiger partial charge on any atom is 0.305 e. The van der Waals surface area contributed by atoms with E-state index in [0.29, 0.717) is 6.54 Å². The van der Waals surface area contributed by atoms with E-state index in [-0.39, 0.29) is 30.2 Å². The average molecular weight is 244 g/mol. The summed E-state index contributed by atoms with van der Waals surface area (Å²) < 4.78 is 0. The fraction of sp³-hybridized carbons (Fsp3) is 0.833. The van der Waals surface area contributed by atoms with E-state index in [1.807, 2.05) is 20.8 Å². The summed E-state index contributed by atoms with van der Waals surface area (Å²) >= 11 is 0. The molecule has 2 unspecified atom stereocenters. The second-order valence-corrected chi connectivity index (χ2v) is 4.68. The molecule has 0 aromatic carbocycles. The maximum absolute atomic E-state index is 11.9. The van der Waals surface area contributed by atoms with Crippen molar-refractivity contribution in [3.05, 3.63) is 0 Å². The lowest BCUT2D eigenvalue weighted by Crippen LogP contribution is -2.44. The van der Waals surface area contributed by atoms with Gasteiger partial charge in [0.1, 0.15) is 0 Å². The minimum Gasteiger partial charge on any atom is -0.481 e. The van der Waals surface area contributed by atoms with Crippen LogP contribution in [0.2, 0.25) is 0 Å².